The number of Topliss-reactive ketones (excluding diaryl/α,β-unsaturated/α-hetero) is 1. The molecular weight excluding hydrogens is 310 g/mol. The SMILES string of the molecule is CC.CC(C)C(=O)CCOCCOCCOCCNC(=O)C(C)C. The summed E-state index contributed by atoms with van der Waals surface area (Å²) in [5.74, 6) is 0.327. The Balaban J connectivity index is 0. The van der Waals surface area contributed by atoms with Gasteiger partial charge in [0.05, 0.1) is 39.6 Å². The second-order valence-corrected chi connectivity index (χ2v) is 5.65. The molecule has 6 nitrogen and oxygen atoms in total. The zero-order chi connectivity index (χ0) is 18.8. The minimum atomic E-state index is -0.000773. The van der Waals surface area contributed by atoms with Gasteiger partial charge >= 0.3 is 0 Å². The Morgan fingerprint density at radius 3 is 1.67 bits per heavy atom. The first-order valence-electron chi connectivity index (χ1n) is 8.98. The predicted octanol–water partition coefficient (Wildman–Crippen LogP) is 2.45. The van der Waals surface area contributed by atoms with Crippen molar-refractivity contribution in [1.29, 1.82) is 0 Å². The maximum Gasteiger partial charge on any atom is 0.222 e. The first kappa shape index (κ1) is 25.3. The molecule has 1 amide bonds. The van der Waals surface area contributed by atoms with Crippen molar-refractivity contribution in [1.82, 2.24) is 5.32 Å². The summed E-state index contributed by atoms with van der Waals surface area (Å²) in [4.78, 5) is 22.6. The zero-order valence-electron chi connectivity index (χ0n) is 16.4. The monoisotopic (exact) mass is 347 g/mol. The summed E-state index contributed by atoms with van der Waals surface area (Å²) in [6.07, 6.45) is 0.461. The number of carbonyl (C=O) groups excluding carboxylic acids is 2. The van der Waals surface area contributed by atoms with E-state index in [1.807, 2.05) is 41.5 Å². The van der Waals surface area contributed by atoms with Crippen molar-refractivity contribution < 1.29 is 23.8 Å². The molecule has 0 atom stereocenters. The van der Waals surface area contributed by atoms with E-state index < -0.39 is 0 Å². The Bertz CT molecular complexity index is 276. The van der Waals surface area contributed by atoms with E-state index in [1.165, 1.54) is 0 Å². The van der Waals surface area contributed by atoms with E-state index in [0.29, 0.717) is 52.6 Å². The Morgan fingerprint density at radius 2 is 1.21 bits per heavy atom. The quantitative estimate of drug-likeness (QED) is 0.489. The van der Waals surface area contributed by atoms with Gasteiger partial charge in [0.15, 0.2) is 0 Å². The Hall–Kier alpha value is -0.980. The van der Waals surface area contributed by atoms with Gasteiger partial charge in [0, 0.05) is 24.8 Å². The molecule has 0 aliphatic carbocycles. The van der Waals surface area contributed by atoms with E-state index >= 15 is 0 Å². The van der Waals surface area contributed by atoms with Crippen LogP contribution in [0.3, 0.4) is 0 Å². The number of carbonyl (C=O) groups is 2. The van der Waals surface area contributed by atoms with Crippen LogP contribution in [0.4, 0.5) is 0 Å². The fraction of sp³-hybridized carbons (Fsp3) is 0.889. The first-order chi connectivity index (χ1) is 11.4. The van der Waals surface area contributed by atoms with Crippen LogP contribution in [0.5, 0.6) is 0 Å². The van der Waals surface area contributed by atoms with Gasteiger partial charge < -0.3 is 19.5 Å². The van der Waals surface area contributed by atoms with Crippen molar-refractivity contribution >= 4 is 11.7 Å². The minimum absolute atomic E-state index is 0.000773. The summed E-state index contributed by atoms with van der Waals surface area (Å²) < 4.78 is 16.0. The third-order valence-corrected chi connectivity index (χ3v) is 2.95. The average Bonchev–Trinajstić information content (AvgIpc) is 2.56. The molecule has 0 aromatic rings. The molecule has 1 N–H and O–H groups in total. The third-order valence-electron chi connectivity index (χ3n) is 2.95. The first-order valence-corrected chi connectivity index (χ1v) is 8.98. The molecule has 24 heavy (non-hydrogen) atoms. The average molecular weight is 347 g/mol. The number of ketones is 1. The number of hydrogen-bond donors (Lipinski definition) is 1. The molecule has 0 aliphatic rings. The highest BCUT2D eigenvalue weighted by molar-refractivity contribution is 5.80. The van der Waals surface area contributed by atoms with Gasteiger partial charge in [-0.15, -0.1) is 0 Å². The summed E-state index contributed by atoms with van der Waals surface area (Å²) in [7, 11) is 0. The second-order valence-electron chi connectivity index (χ2n) is 5.65. The predicted molar refractivity (Wildman–Crippen MR) is 96.1 cm³/mol. The normalized spacial score (nSPS) is 10.5. The lowest BCUT2D eigenvalue weighted by molar-refractivity contribution is -0.124. The molecule has 0 saturated heterocycles. The van der Waals surface area contributed by atoms with E-state index in [0.717, 1.165) is 0 Å². The van der Waals surface area contributed by atoms with Crippen LogP contribution in [-0.2, 0) is 23.8 Å². The molecule has 0 aromatic carbocycles. The molecule has 0 heterocycles. The minimum Gasteiger partial charge on any atom is -0.379 e. The lowest BCUT2D eigenvalue weighted by Gasteiger charge is -2.09. The summed E-state index contributed by atoms with van der Waals surface area (Å²) in [6.45, 7) is 14.9. The van der Waals surface area contributed by atoms with Gasteiger partial charge in [-0.3, -0.25) is 9.59 Å². The fourth-order valence-corrected chi connectivity index (χ4v) is 1.45. The summed E-state index contributed by atoms with van der Waals surface area (Å²) in [5.41, 5.74) is 0. The Morgan fingerprint density at radius 1 is 0.750 bits per heavy atom. The largest absolute Gasteiger partial charge is 0.379 e. The summed E-state index contributed by atoms with van der Waals surface area (Å²) in [5, 5.41) is 2.77. The van der Waals surface area contributed by atoms with Gasteiger partial charge in [-0.2, -0.15) is 0 Å². The number of nitrogens with one attached hydrogen (secondary N) is 1. The maximum absolute atomic E-state index is 11.3. The molecular formula is C18H37NO5. The van der Waals surface area contributed by atoms with Crippen LogP contribution in [0.2, 0.25) is 0 Å². The lowest BCUT2D eigenvalue weighted by Crippen LogP contribution is -2.31. The van der Waals surface area contributed by atoms with Crippen LogP contribution in [0.25, 0.3) is 0 Å². The van der Waals surface area contributed by atoms with Gasteiger partial charge in [-0.05, 0) is 0 Å². The van der Waals surface area contributed by atoms with E-state index in [4.69, 9.17) is 14.2 Å². The molecule has 0 radical (unpaired) electrons. The fourth-order valence-electron chi connectivity index (χ4n) is 1.45. The van der Waals surface area contributed by atoms with Gasteiger partial charge in [0.25, 0.3) is 0 Å². The van der Waals surface area contributed by atoms with Crippen molar-refractivity contribution in [2.45, 2.75) is 48.0 Å². The van der Waals surface area contributed by atoms with Crippen molar-refractivity contribution in [2.24, 2.45) is 11.8 Å². The van der Waals surface area contributed by atoms with E-state index in [9.17, 15) is 9.59 Å². The van der Waals surface area contributed by atoms with Crippen molar-refractivity contribution in [3.05, 3.63) is 0 Å². The van der Waals surface area contributed by atoms with E-state index in [-0.39, 0.29) is 23.5 Å². The molecule has 0 aliphatic heterocycles. The zero-order valence-corrected chi connectivity index (χ0v) is 16.4. The molecule has 0 saturated carbocycles. The van der Waals surface area contributed by atoms with E-state index in [2.05, 4.69) is 5.32 Å². The lowest BCUT2D eigenvalue weighted by atomic mass is 10.1. The van der Waals surface area contributed by atoms with E-state index in [1.54, 1.807) is 0 Å². The number of rotatable bonds is 14. The highest BCUT2D eigenvalue weighted by Gasteiger charge is 2.06. The molecule has 6 heteroatoms. The number of hydrogen-bond acceptors (Lipinski definition) is 5. The Labute approximate surface area is 147 Å². The molecule has 0 spiro atoms. The van der Waals surface area contributed by atoms with Crippen LogP contribution in [0.1, 0.15) is 48.0 Å². The van der Waals surface area contributed by atoms with Gasteiger partial charge in [-0.25, -0.2) is 0 Å². The topological polar surface area (TPSA) is 73.9 Å². The van der Waals surface area contributed by atoms with Gasteiger partial charge in [-0.1, -0.05) is 41.5 Å². The summed E-state index contributed by atoms with van der Waals surface area (Å²) in [6, 6.07) is 0. The smallest absolute Gasteiger partial charge is 0.222 e. The molecule has 0 unspecified atom stereocenters. The van der Waals surface area contributed by atoms with Crippen LogP contribution >= 0.6 is 0 Å². The molecule has 0 aromatic heterocycles. The molecule has 0 rings (SSSR count). The van der Waals surface area contributed by atoms with Gasteiger partial charge in [0.1, 0.15) is 5.78 Å². The number of ether oxygens (including phenoxy) is 3. The second kappa shape index (κ2) is 18.4. The van der Waals surface area contributed by atoms with Crippen molar-refractivity contribution in [3.8, 4) is 0 Å². The van der Waals surface area contributed by atoms with Crippen LogP contribution in [0, 0.1) is 11.8 Å². The molecule has 144 valence electrons. The highest BCUT2D eigenvalue weighted by atomic mass is 16.5. The molecule has 0 fully saturated rings. The Kier molecular flexibility index (Phi) is 19.3. The van der Waals surface area contributed by atoms with Crippen molar-refractivity contribution in [2.75, 3.05) is 46.2 Å². The van der Waals surface area contributed by atoms with Crippen LogP contribution in [-0.4, -0.2) is 57.9 Å². The van der Waals surface area contributed by atoms with Crippen LogP contribution < -0.4 is 5.32 Å². The highest BCUT2D eigenvalue weighted by Crippen LogP contribution is 1.98. The molecule has 0 bridgehead atoms. The standard InChI is InChI=1S/C16H31NO5.C2H6/c1-13(2)15(18)5-7-20-9-11-22-12-10-21-8-6-17-16(19)14(3)4;1-2/h13-14H,5-12H2,1-4H3,(H,17,19);1-2H3. The summed E-state index contributed by atoms with van der Waals surface area (Å²) >= 11 is 0. The maximum atomic E-state index is 11.3. The number of amides is 1. The van der Waals surface area contributed by atoms with Crippen molar-refractivity contribution in [3.63, 3.8) is 0 Å². The van der Waals surface area contributed by atoms with Crippen LogP contribution in [0.15, 0.2) is 0 Å². The third kappa shape index (κ3) is 17.4. The van der Waals surface area contributed by atoms with Gasteiger partial charge in [0.2, 0.25) is 5.91 Å².